The van der Waals surface area contributed by atoms with Crippen LogP contribution in [0.15, 0.2) is 36.9 Å². The Morgan fingerprint density at radius 2 is 2.23 bits per heavy atom. The van der Waals surface area contributed by atoms with Gasteiger partial charge >= 0.3 is 0 Å². The molecule has 1 aliphatic rings. The van der Waals surface area contributed by atoms with Gasteiger partial charge in [-0.2, -0.15) is 0 Å². The average Bonchev–Trinajstić information content (AvgIpc) is 2.42. The molecule has 0 saturated carbocycles. The maximum Gasteiger partial charge on any atom is 0.0804 e. The van der Waals surface area contributed by atoms with Gasteiger partial charge in [0, 0.05) is 5.41 Å². The minimum absolute atomic E-state index is 0.0456. The van der Waals surface area contributed by atoms with Crippen LogP contribution in [0.1, 0.15) is 30.6 Å². The number of hydrogen-bond acceptors (Lipinski definition) is 1. The Bertz CT molecular complexity index is 343. The van der Waals surface area contributed by atoms with Crippen LogP contribution in [0.2, 0.25) is 0 Å². The molecule has 1 aliphatic carbocycles. The summed E-state index contributed by atoms with van der Waals surface area (Å²) in [4.78, 5) is 0. The van der Waals surface area contributed by atoms with E-state index in [1.807, 2.05) is 24.3 Å². The largest absolute Gasteiger partial charge is 0.388 e. The molecular formula is C12H14O. The van der Waals surface area contributed by atoms with Crippen LogP contribution >= 0.6 is 0 Å². The Morgan fingerprint density at radius 1 is 1.54 bits per heavy atom. The van der Waals surface area contributed by atoms with Crippen molar-refractivity contribution < 1.29 is 5.11 Å². The van der Waals surface area contributed by atoms with Gasteiger partial charge in [-0.3, -0.25) is 0 Å². The van der Waals surface area contributed by atoms with Crippen LogP contribution in [0.25, 0.3) is 0 Å². The minimum Gasteiger partial charge on any atom is -0.388 e. The summed E-state index contributed by atoms with van der Waals surface area (Å²) in [6.07, 6.45) is 2.37. The van der Waals surface area contributed by atoms with Gasteiger partial charge in [0.1, 0.15) is 0 Å². The monoisotopic (exact) mass is 174 g/mol. The summed E-state index contributed by atoms with van der Waals surface area (Å²) in [5.41, 5.74) is 2.23. The third-order valence-corrected chi connectivity index (χ3v) is 3.00. The number of rotatable bonds is 1. The molecule has 0 aromatic heterocycles. The Morgan fingerprint density at radius 3 is 2.92 bits per heavy atom. The van der Waals surface area contributed by atoms with E-state index in [1.54, 1.807) is 0 Å². The number of benzene rings is 1. The predicted molar refractivity (Wildman–Crippen MR) is 53.6 cm³/mol. The van der Waals surface area contributed by atoms with Crippen LogP contribution in [0.3, 0.4) is 0 Å². The fourth-order valence-corrected chi connectivity index (χ4v) is 2.12. The van der Waals surface area contributed by atoms with Gasteiger partial charge in [0.05, 0.1) is 6.10 Å². The lowest BCUT2D eigenvalue weighted by atomic mass is 9.84. The van der Waals surface area contributed by atoms with Crippen molar-refractivity contribution >= 4 is 0 Å². The van der Waals surface area contributed by atoms with Gasteiger partial charge in [-0.15, -0.1) is 6.58 Å². The highest BCUT2D eigenvalue weighted by Gasteiger charge is 2.36. The molecule has 1 aromatic rings. The fourth-order valence-electron chi connectivity index (χ4n) is 2.12. The van der Waals surface area contributed by atoms with E-state index in [2.05, 4.69) is 19.6 Å². The normalized spacial score (nSPS) is 31.4. The van der Waals surface area contributed by atoms with Crippen LogP contribution in [0, 0.1) is 0 Å². The minimum atomic E-state index is -0.320. The van der Waals surface area contributed by atoms with Gasteiger partial charge in [-0.05, 0) is 17.5 Å². The average molecular weight is 174 g/mol. The smallest absolute Gasteiger partial charge is 0.0804 e. The van der Waals surface area contributed by atoms with Crippen LogP contribution in [0.4, 0.5) is 0 Å². The van der Waals surface area contributed by atoms with E-state index >= 15 is 0 Å². The second-order valence-electron chi connectivity index (χ2n) is 3.93. The van der Waals surface area contributed by atoms with Gasteiger partial charge in [0.15, 0.2) is 0 Å². The van der Waals surface area contributed by atoms with Crippen molar-refractivity contribution in [2.24, 2.45) is 0 Å². The summed E-state index contributed by atoms with van der Waals surface area (Å²) < 4.78 is 0. The van der Waals surface area contributed by atoms with Crippen LogP contribution in [-0.2, 0) is 5.41 Å². The van der Waals surface area contributed by atoms with E-state index in [0.717, 1.165) is 12.0 Å². The van der Waals surface area contributed by atoms with E-state index in [0.29, 0.717) is 0 Å². The summed E-state index contributed by atoms with van der Waals surface area (Å²) in [6.45, 7) is 5.96. The zero-order valence-corrected chi connectivity index (χ0v) is 7.83. The SMILES string of the molecule is C=C[C@@]1(C)C[C@@H](O)c2ccccc21. The molecule has 13 heavy (non-hydrogen) atoms. The van der Waals surface area contributed by atoms with Crippen molar-refractivity contribution in [3.63, 3.8) is 0 Å². The molecule has 1 aromatic carbocycles. The van der Waals surface area contributed by atoms with E-state index in [9.17, 15) is 5.11 Å². The standard InChI is InChI=1S/C12H14O/c1-3-12(2)8-11(13)9-6-4-5-7-10(9)12/h3-7,11,13H,1,8H2,2H3/t11-,12+/m1/s1. The molecule has 1 N–H and O–H groups in total. The number of allylic oxidation sites excluding steroid dienone is 1. The molecule has 1 nitrogen and oxygen atoms in total. The molecule has 0 amide bonds. The van der Waals surface area contributed by atoms with Crippen molar-refractivity contribution in [3.05, 3.63) is 48.0 Å². The first-order chi connectivity index (χ1) is 6.17. The number of hydrogen-bond donors (Lipinski definition) is 1. The van der Waals surface area contributed by atoms with Crippen molar-refractivity contribution in [1.82, 2.24) is 0 Å². The van der Waals surface area contributed by atoms with Crippen molar-refractivity contribution in [2.75, 3.05) is 0 Å². The van der Waals surface area contributed by atoms with E-state index in [-0.39, 0.29) is 11.5 Å². The quantitative estimate of drug-likeness (QED) is 0.649. The summed E-state index contributed by atoms with van der Waals surface area (Å²) in [5, 5.41) is 9.80. The zero-order valence-electron chi connectivity index (χ0n) is 7.83. The summed E-state index contributed by atoms with van der Waals surface area (Å²) in [6, 6.07) is 8.05. The third kappa shape index (κ3) is 1.11. The lowest BCUT2D eigenvalue weighted by Gasteiger charge is -2.19. The second kappa shape index (κ2) is 2.71. The molecule has 0 spiro atoms. The Hall–Kier alpha value is -1.08. The van der Waals surface area contributed by atoms with Crippen molar-refractivity contribution in [1.29, 1.82) is 0 Å². The first-order valence-corrected chi connectivity index (χ1v) is 4.58. The highest BCUT2D eigenvalue weighted by atomic mass is 16.3. The maximum absolute atomic E-state index is 9.80. The molecule has 0 aliphatic heterocycles. The molecule has 68 valence electrons. The fraction of sp³-hybridized carbons (Fsp3) is 0.333. The molecule has 0 fully saturated rings. The van der Waals surface area contributed by atoms with E-state index in [4.69, 9.17) is 0 Å². The lowest BCUT2D eigenvalue weighted by Crippen LogP contribution is -2.13. The summed E-state index contributed by atoms with van der Waals surface area (Å²) >= 11 is 0. The highest BCUT2D eigenvalue weighted by molar-refractivity contribution is 5.43. The van der Waals surface area contributed by atoms with Gasteiger partial charge < -0.3 is 5.11 Å². The van der Waals surface area contributed by atoms with Gasteiger partial charge in [-0.1, -0.05) is 37.3 Å². The van der Waals surface area contributed by atoms with Gasteiger partial charge in [0.25, 0.3) is 0 Å². The molecule has 0 bridgehead atoms. The first-order valence-electron chi connectivity index (χ1n) is 4.58. The lowest BCUT2D eigenvalue weighted by molar-refractivity contribution is 0.166. The molecule has 0 unspecified atom stereocenters. The zero-order chi connectivity index (χ0) is 9.47. The van der Waals surface area contributed by atoms with Crippen molar-refractivity contribution in [3.8, 4) is 0 Å². The molecule has 0 radical (unpaired) electrons. The number of aliphatic hydroxyl groups excluding tert-OH is 1. The Balaban J connectivity index is 2.59. The molecule has 0 heterocycles. The van der Waals surface area contributed by atoms with E-state index in [1.165, 1.54) is 5.56 Å². The van der Waals surface area contributed by atoms with Crippen LogP contribution in [0.5, 0.6) is 0 Å². The second-order valence-corrected chi connectivity index (χ2v) is 3.93. The summed E-state index contributed by atoms with van der Waals surface area (Å²) in [5.74, 6) is 0. The van der Waals surface area contributed by atoms with Gasteiger partial charge in [-0.25, -0.2) is 0 Å². The Labute approximate surface area is 78.7 Å². The third-order valence-electron chi connectivity index (χ3n) is 3.00. The molecule has 1 heteroatoms. The maximum atomic E-state index is 9.80. The first kappa shape index (κ1) is 8.52. The number of aliphatic hydroxyl groups is 1. The molecule has 2 atom stereocenters. The van der Waals surface area contributed by atoms with Crippen LogP contribution in [-0.4, -0.2) is 5.11 Å². The molecule has 0 saturated heterocycles. The Kier molecular flexibility index (Phi) is 1.77. The predicted octanol–water partition coefficient (Wildman–Crippen LogP) is 2.57. The van der Waals surface area contributed by atoms with Crippen molar-refractivity contribution in [2.45, 2.75) is 24.9 Å². The van der Waals surface area contributed by atoms with Crippen LogP contribution < -0.4 is 0 Å². The molecule has 2 rings (SSSR count). The van der Waals surface area contributed by atoms with Gasteiger partial charge in [0.2, 0.25) is 0 Å². The summed E-state index contributed by atoms with van der Waals surface area (Å²) in [7, 11) is 0. The molecular weight excluding hydrogens is 160 g/mol. The highest BCUT2D eigenvalue weighted by Crippen LogP contribution is 2.45. The van der Waals surface area contributed by atoms with E-state index < -0.39 is 0 Å². The number of fused-ring (bicyclic) bond motifs is 1. The topological polar surface area (TPSA) is 20.2 Å².